The Morgan fingerprint density at radius 3 is 2.63 bits per heavy atom. The first-order chi connectivity index (χ1) is 16.6. The fraction of sp³-hybridized carbons (Fsp3) is 0.370. The maximum atomic E-state index is 15.2. The fourth-order valence-corrected chi connectivity index (χ4v) is 5.75. The summed E-state index contributed by atoms with van der Waals surface area (Å²) in [4.78, 5) is 41.0. The number of halogens is 1. The summed E-state index contributed by atoms with van der Waals surface area (Å²) >= 11 is 0.722. The van der Waals surface area contributed by atoms with Crippen LogP contribution < -0.4 is 10.2 Å². The zero-order valence-corrected chi connectivity index (χ0v) is 21.2. The second-order valence-electron chi connectivity index (χ2n) is 9.68. The number of imide groups is 1. The molecule has 8 heteroatoms. The number of carbonyl (C=O) groups is 3. The molecule has 184 valence electrons. The predicted octanol–water partition coefficient (Wildman–Crippen LogP) is 6.00. The molecule has 0 spiro atoms. The Morgan fingerprint density at radius 1 is 1.23 bits per heavy atom. The van der Waals surface area contributed by atoms with Crippen LogP contribution in [0.1, 0.15) is 57.6 Å². The van der Waals surface area contributed by atoms with E-state index in [9.17, 15) is 14.4 Å². The van der Waals surface area contributed by atoms with Gasteiger partial charge in [-0.2, -0.15) is 0 Å². The number of para-hydroxylation sites is 1. The van der Waals surface area contributed by atoms with Gasteiger partial charge in [0.2, 0.25) is 5.91 Å². The van der Waals surface area contributed by atoms with Gasteiger partial charge < -0.3 is 10.2 Å². The van der Waals surface area contributed by atoms with Crippen molar-refractivity contribution >= 4 is 46.3 Å². The van der Waals surface area contributed by atoms with Gasteiger partial charge in [-0.3, -0.25) is 19.3 Å². The summed E-state index contributed by atoms with van der Waals surface area (Å²) in [7, 11) is 0. The molecule has 4 rings (SSSR count). The SMILES string of the molecule is CCCN1c2cc(F)c(/C=C3/SC(=O)N(CC(=O)Nc4ccccc4)C3=O)cc2C(C)CC1(C)C. The summed E-state index contributed by atoms with van der Waals surface area (Å²) in [6, 6.07) is 12.1. The highest BCUT2D eigenvalue weighted by atomic mass is 32.2. The summed E-state index contributed by atoms with van der Waals surface area (Å²) in [6.45, 7) is 9.02. The van der Waals surface area contributed by atoms with Crippen LogP contribution in [0.4, 0.5) is 20.6 Å². The number of benzene rings is 2. The second kappa shape index (κ2) is 9.85. The third kappa shape index (κ3) is 5.12. The molecule has 1 atom stereocenters. The van der Waals surface area contributed by atoms with Crippen LogP contribution in [0.2, 0.25) is 0 Å². The van der Waals surface area contributed by atoms with Crippen molar-refractivity contribution in [2.24, 2.45) is 0 Å². The Labute approximate surface area is 209 Å². The van der Waals surface area contributed by atoms with E-state index in [4.69, 9.17) is 0 Å². The van der Waals surface area contributed by atoms with Gasteiger partial charge in [-0.25, -0.2) is 4.39 Å². The zero-order valence-electron chi connectivity index (χ0n) is 20.4. The average Bonchev–Trinajstić information content (AvgIpc) is 3.05. The van der Waals surface area contributed by atoms with E-state index in [1.54, 1.807) is 36.4 Å². The van der Waals surface area contributed by atoms with Crippen LogP contribution >= 0.6 is 11.8 Å². The van der Waals surface area contributed by atoms with Crippen molar-refractivity contribution in [3.8, 4) is 0 Å². The van der Waals surface area contributed by atoms with E-state index in [1.807, 2.05) is 6.07 Å². The lowest BCUT2D eigenvalue weighted by molar-refractivity contribution is -0.127. The molecule has 1 fully saturated rings. The van der Waals surface area contributed by atoms with Gasteiger partial charge in [-0.05, 0) is 80.3 Å². The number of fused-ring (bicyclic) bond motifs is 1. The van der Waals surface area contributed by atoms with E-state index in [2.05, 4.69) is 37.9 Å². The minimum atomic E-state index is -0.595. The first-order valence-corrected chi connectivity index (χ1v) is 12.6. The predicted molar refractivity (Wildman–Crippen MR) is 139 cm³/mol. The topological polar surface area (TPSA) is 69.7 Å². The molecule has 2 aromatic carbocycles. The Balaban J connectivity index is 1.57. The molecule has 35 heavy (non-hydrogen) atoms. The van der Waals surface area contributed by atoms with Crippen molar-refractivity contribution in [3.63, 3.8) is 0 Å². The Morgan fingerprint density at radius 2 is 1.94 bits per heavy atom. The molecule has 2 aliphatic rings. The van der Waals surface area contributed by atoms with E-state index in [1.165, 1.54) is 6.08 Å². The lowest BCUT2D eigenvalue weighted by Gasteiger charge is -2.47. The van der Waals surface area contributed by atoms with Gasteiger partial charge >= 0.3 is 0 Å². The third-order valence-electron chi connectivity index (χ3n) is 6.47. The summed E-state index contributed by atoms with van der Waals surface area (Å²) in [5.41, 5.74) is 2.68. The number of amides is 3. The second-order valence-corrected chi connectivity index (χ2v) is 10.7. The molecule has 0 aromatic heterocycles. The van der Waals surface area contributed by atoms with E-state index in [0.29, 0.717) is 5.69 Å². The molecular weight excluding hydrogens is 465 g/mol. The Kier molecular flexibility index (Phi) is 7.03. The number of hydrogen-bond acceptors (Lipinski definition) is 5. The van der Waals surface area contributed by atoms with Crippen LogP contribution in [0.15, 0.2) is 47.4 Å². The number of nitrogens with zero attached hydrogens (tertiary/aromatic N) is 2. The minimum Gasteiger partial charge on any atom is -0.366 e. The largest absolute Gasteiger partial charge is 0.366 e. The van der Waals surface area contributed by atoms with Gasteiger partial charge in [0.1, 0.15) is 12.4 Å². The molecule has 0 radical (unpaired) electrons. The van der Waals surface area contributed by atoms with E-state index in [0.717, 1.165) is 47.3 Å². The van der Waals surface area contributed by atoms with Crippen LogP contribution in [0.25, 0.3) is 6.08 Å². The highest BCUT2D eigenvalue weighted by Crippen LogP contribution is 2.45. The first-order valence-electron chi connectivity index (χ1n) is 11.8. The number of carbonyl (C=O) groups excluding carboxylic acids is 3. The monoisotopic (exact) mass is 495 g/mol. The molecule has 2 aliphatic heterocycles. The molecule has 1 N–H and O–H groups in total. The number of nitrogens with one attached hydrogen (secondary N) is 1. The fourth-order valence-electron chi connectivity index (χ4n) is 4.92. The highest BCUT2D eigenvalue weighted by Gasteiger charge is 2.38. The van der Waals surface area contributed by atoms with Gasteiger partial charge in [0, 0.05) is 29.0 Å². The number of anilines is 2. The summed E-state index contributed by atoms with van der Waals surface area (Å²) < 4.78 is 15.2. The van der Waals surface area contributed by atoms with Crippen molar-refractivity contribution < 1.29 is 18.8 Å². The van der Waals surface area contributed by atoms with Crippen molar-refractivity contribution in [2.45, 2.75) is 52.0 Å². The standard InChI is InChI=1S/C27H30FN3O3S/c1-5-11-31-22-14-21(28)18(12-20(22)17(2)15-27(31,3)4)13-23-25(33)30(26(34)35-23)16-24(32)29-19-9-7-6-8-10-19/h6-10,12-14,17H,5,11,15-16H2,1-4H3,(H,29,32)/b23-13+. The van der Waals surface area contributed by atoms with Gasteiger partial charge in [-0.15, -0.1) is 0 Å². The van der Waals surface area contributed by atoms with Crippen molar-refractivity contribution in [1.29, 1.82) is 0 Å². The molecule has 0 bridgehead atoms. The lowest BCUT2D eigenvalue weighted by Crippen LogP contribution is -2.48. The number of rotatable bonds is 6. The molecular formula is C27H30FN3O3S. The van der Waals surface area contributed by atoms with Crippen molar-refractivity contribution in [1.82, 2.24) is 4.90 Å². The van der Waals surface area contributed by atoms with Gasteiger partial charge in [0.05, 0.1) is 4.91 Å². The molecule has 6 nitrogen and oxygen atoms in total. The molecule has 1 unspecified atom stereocenters. The number of thioether (sulfide) groups is 1. The minimum absolute atomic E-state index is 0.0840. The first kappa shape index (κ1) is 25.0. The van der Waals surface area contributed by atoms with E-state index in [-0.39, 0.29) is 21.9 Å². The maximum absolute atomic E-state index is 15.2. The summed E-state index contributed by atoms with van der Waals surface area (Å²) in [6.07, 6.45) is 3.30. The van der Waals surface area contributed by atoms with E-state index >= 15 is 4.39 Å². The van der Waals surface area contributed by atoms with Gasteiger partial charge in [-0.1, -0.05) is 32.0 Å². The van der Waals surface area contributed by atoms with Crippen molar-refractivity contribution in [3.05, 3.63) is 64.3 Å². The molecule has 0 aliphatic carbocycles. The van der Waals surface area contributed by atoms with Crippen molar-refractivity contribution in [2.75, 3.05) is 23.3 Å². The maximum Gasteiger partial charge on any atom is 0.294 e. The van der Waals surface area contributed by atoms with Crippen LogP contribution in [0.3, 0.4) is 0 Å². The zero-order chi connectivity index (χ0) is 25.3. The molecule has 3 amide bonds. The average molecular weight is 496 g/mol. The smallest absolute Gasteiger partial charge is 0.294 e. The molecule has 2 heterocycles. The summed E-state index contributed by atoms with van der Waals surface area (Å²) in [5.74, 6) is -1.30. The lowest BCUT2D eigenvalue weighted by atomic mass is 9.79. The molecule has 0 saturated carbocycles. The van der Waals surface area contributed by atoms with E-state index < -0.39 is 29.4 Å². The van der Waals surface area contributed by atoms with Crippen LogP contribution in [-0.2, 0) is 9.59 Å². The normalized spacial score (nSPS) is 20.4. The summed E-state index contributed by atoms with van der Waals surface area (Å²) in [5, 5.41) is 2.12. The van der Waals surface area contributed by atoms with Crippen LogP contribution in [-0.4, -0.2) is 40.6 Å². The molecule has 1 saturated heterocycles. The van der Waals surface area contributed by atoms with Gasteiger partial charge in [0.25, 0.3) is 11.1 Å². The Hall–Kier alpha value is -3.13. The van der Waals surface area contributed by atoms with Gasteiger partial charge in [0.15, 0.2) is 0 Å². The highest BCUT2D eigenvalue weighted by molar-refractivity contribution is 8.18. The molecule has 2 aromatic rings. The number of hydrogen-bond donors (Lipinski definition) is 1. The van der Waals surface area contributed by atoms with Crippen LogP contribution in [0.5, 0.6) is 0 Å². The quantitative estimate of drug-likeness (QED) is 0.498. The van der Waals surface area contributed by atoms with Crippen LogP contribution in [0, 0.1) is 5.82 Å². The Bertz CT molecular complexity index is 1200. The third-order valence-corrected chi connectivity index (χ3v) is 7.38.